The minimum absolute atomic E-state index is 0.0450. The van der Waals surface area contributed by atoms with Crippen LogP contribution in [0.25, 0.3) is 6.08 Å². The molecule has 1 saturated heterocycles. The second-order valence-electron chi connectivity index (χ2n) is 6.94. The molecule has 0 saturated carbocycles. The molecule has 6 nitrogen and oxygen atoms in total. The van der Waals surface area contributed by atoms with Crippen LogP contribution in [0.15, 0.2) is 41.3 Å². The number of rotatable bonds is 8. The number of thioether (sulfide) groups is 1. The van der Waals surface area contributed by atoms with E-state index in [0.717, 1.165) is 22.4 Å². The molecule has 1 N–H and O–H groups in total. The summed E-state index contributed by atoms with van der Waals surface area (Å²) in [5.74, 6) is -0.142. The van der Waals surface area contributed by atoms with E-state index in [2.05, 4.69) is 0 Å². The first-order valence-corrected chi connectivity index (χ1v) is 11.0. The lowest BCUT2D eigenvalue weighted by Gasteiger charge is -2.17. The molecule has 1 aliphatic rings. The first-order chi connectivity index (χ1) is 14.8. The normalized spacial score (nSPS) is 14.9. The number of hydrogen-bond donors (Lipinski definition) is 1. The van der Waals surface area contributed by atoms with Crippen LogP contribution in [-0.4, -0.2) is 34.5 Å². The number of nitrogens with zero attached hydrogens (tertiary/aromatic N) is 1. The predicted octanol–water partition coefficient (Wildman–Crippen LogP) is 4.96. The molecule has 1 fully saturated rings. The molecule has 1 heterocycles. The summed E-state index contributed by atoms with van der Waals surface area (Å²) >= 11 is 6.73. The third-order valence-corrected chi connectivity index (χ3v) is 5.83. The Hall–Kier alpha value is -2.84. The first-order valence-electron chi connectivity index (χ1n) is 9.76. The van der Waals surface area contributed by atoms with Crippen molar-refractivity contribution >= 4 is 51.9 Å². The van der Waals surface area contributed by atoms with Crippen molar-refractivity contribution in [3.8, 4) is 11.5 Å². The Morgan fingerprint density at radius 3 is 2.61 bits per heavy atom. The molecular weight excluding hydrogens is 434 g/mol. The smallest absolute Gasteiger partial charge is 0.306 e. The van der Waals surface area contributed by atoms with Gasteiger partial charge in [-0.1, -0.05) is 47.7 Å². The number of carbonyl (C=O) groups excluding carboxylic acids is 1. The zero-order chi connectivity index (χ0) is 22.5. The van der Waals surface area contributed by atoms with Crippen LogP contribution in [0.3, 0.4) is 0 Å². The number of carboxylic acid groups (broad SMARTS) is 1. The SMILES string of the molecule is CCOc1cc(/C=C2/SC(=S)N(c3ccc(C)cc3C)C2=O)ccc1OCCC(=O)O. The average Bonchev–Trinajstić information content (AvgIpc) is 2.97. The van der Waals surface area contributed by atoms with Crippen LogP contribution < -0.4 is 14.4 Å². The van der Waals surface area contributed by atoms with Crippen LogP contribution >= 0.6 is 24.0 Å². The van der Waals surface area contributed by atoms with Gasteiger partial charge in [-0.05, 0) is 56.2 Å². The number of aryl methyl sites for hydroxylation is 2. The number of ether oxygens (including phenoxy) is 2. The summed E-state index contributed by atoms with van der Waals surface area (Å²) in [6, 6.07) is 11.2. The number of aliphatic carboxylic acids is 1. The maximum absolute atomic E-state index is 13.1. The number of hydrogen-bond acceptors (Lipinski definition) is 6. The van der Waals surface area contributed by atoms with Gasteiger partial charge in [0.2, 0.25) is 0 Å². The Labute approximate surface area is 190 Å². The molecule has 1 aliphatic heterocycles. The molecule has 2 aromatic carbocycles. The van der Waals surface area contributed by atoms with Gasteiger partial charge in [0.05, 0.1) is 30.2 Å². The van der Waals surface area contributed by atoms with E-state index in [1.54, 1.807) is 29.2 Å². The van der Waals surface area contributed by atoms with E-state index in [9.17, 15) is 9.59 Å². The predicted molar refractivity (Wildman–Crippen MR) is 127 cm³/mol. The molecule has 1 amide bonds. The van der Waals surface area contributed by atoms with Gasteiger partial charge in [0.1, 0.15) is 0 Å². The topological polar surface area (TPSA) is 76.1 Å². The Morgan fingerprint density at radius 1 is 1.16 bits per heavy atom. The zero-order valence-corrected chi connectivity index (χ0v) is 19.1. The molecular formula is C23H23NO5S2. The molecule has 0 spiro atoms. The van der Waals surface area contributed by atoms with Crippen LogP contribution in [0.2, 0.25) is 0 Å². The lowest BCUT2D eigenvalue weighted by molar-refractivity contribution is -0.137. The molecule has 8 heteroatoms. The highest BCUT2D eigenvalue weighted by Gasteiger charge is 2.34. The summed E-state index contributed by atoms with van der Waals surface area (Å²) in [6.45, 7) is 6.29. The highest BCUT2D eigenvalue weighted by atomic mass is 32.2. The maximum Gasteiger partial charge on any atom is 0.306 e. The summed E-state index contributed by atoms with van der Waals surface area (Å²) < 4.78 is 11.7. The average molecular weight is 458 g/mol. The zero-order valence-electron chi connectivity index (χ0n) is 17.5. The Kier molecular flexibility index (Phi) is 7.35. The molecule has 2 aromatic rings. The number of carboxylic acids is 1. The minimum Gasteiger partial charge on any atom is -0.490 e. The van der Waals surface area contributed by atoms with Crippen molar-refractivity contribution in [2.24, 2.45) is 0 Å². The third-order valence-electron chi connectivity index (χ3n) is 4.53. The van der Waals surface area contributed by atoms with Crippen LogP contribution in [-0.2, 0) is 9.59 Å². The van der Waals surface area contributed by atoms with Gasteiger partial charge in [-0.15, -0.1) is 0 Å². The fraction of sp³-hybridized carbons (Fsp3) is 0.261. The van der Waals surface area contributed by atoms with E-state index in [1.807, 2.05) is 39.0 Å². The highest BCUT2D eigenvalue weighted by Crippen LogP contribution is 2.38. The molecule has 3 rings (SSSR count). The van der Waals surface area contributed by atoms with Gasteiger partial charge in [-0.25, -0.2) is 0 Å². The van der Waals surface area contributed by atoms with Gasteiger partial charge < -0.3 is 14.6 Å². The minimum atomic E-state index is -0.930. The van der Waals surface area contributed by atoms with Crippen LogP contribution in [0.5, 0.6) is 11.5 Å². The van der Waals surface area contributed by atoms with Crippen molar-refractivity contribution in [3.05, 3.63) is 58.0 Å². The van der Waals surface area contributed by atoms with Crippen molar-refractivity contribution in [1.29, 1.82) is 0 Å². The largest absolute Gasteiger partial charge is 0.490 e. The number of anilines is 1. The fourth-order valence-electron chi connectivity index (χ4n) is 3.13. The number of benzene rings is 2. The van der Waals surface area contributed by atoms with Crippen molar-refractivity contribution in [3.63, 3.8) is 0 Å². The standard InChI is InChI=1S/C23H23NO5S2/c1-4-28-19-12-16(6-8-18(19)29-10-9-21(25)26)13-20-22(27)24(23(30)31-20)17-7-5-14(2)11-15(17)3/h5-8,11-13H,4,9-10H2,1-3H3,(H,25,26)/b20-13+. The van der Waals surface area contributed by atoms with Gasteiger partial charge in [0, 0.05) is 0 Å². The molecule has 0 unspecified atom stereocenters. The Balaban J connectivity index is 1.85. The summed E-state index contributed by atoms with van der Waals surface area (Å²) in [4.78, 5) is 25.9. The number of carbonyl (C=O) groups is 2. The fourth-order valence-corrected chi connectivity index (χ4v) is 4.42. The van der Waals surface area contributed by atoms with Gasteiger partial charge in [-0.3, -0.25) is 14.5 Å². The van der Waals surface area contributed by atoms with Crippen molar-refractivity contribution in [2.75, 3.05) is 18.1 Å². The van der Waals surface area contributed by atoms with E-state index in [-0.39, 0.29) is 18.9 Å². The van der Waals surface area contributed by atoms with E-state index >= 15 is 0 Å². The monoisotopic (exact) mass is 457 g/mol. The summed E-state index contributed by atoms with van der Waals surface area (Å²) in [6.07, 6.45) is 1.67. The van der Waals surface area contributed by atoms with E-state index in [1.165, 1.54) is 11.8 Å². The third kappa shape index (κ3) is 5.45. The van der Waals surface area contributed by atoms with Crippen LogP contribution in [0.1, 0.15) is 30.0 Å². The molecule has 0 aromatic heterocycles. The number of thiocarbonyl (C=S) groups is 1. The highest BCUT2D eigenvalue weighted by molar-refractivity contribution is 8.27. The maximum atomic E-state index is 13.1. The first kappa shape index (κ1) is 22.8. The number of amides is 1. The second kappa shape index (κ2) is 9.98. The van der Waals surface area contributed by atoms with Crippen LogP contribution in [0.4, 0.5) is 5.69 Å². The lowest BCUT2D eigenvalue weighted by Crippen LogP contribution is -2.28. The van der Waals surface area contributed by atoms with Crippen molar-refractivity contribution in [2.45, 2.75) is 27.2 Å². The molecule has 0 bridgehead atoms. The molecule has 31 heavy (non-hydrogen) atoms. The summed E-state index contributed by atoms with van der Waals surface area (Å²) in [5.41, 5.74) is 3.65. The van der Waals surface area contributed by atoms with Gasteiger partial charge in [-0.2, -0.15) is 0 Å². The molecule has 0 radical (unpaired) electrons. The molecule has 0 aliphatic carbocycles. The second-order valence-corrected chi connectivity index (χ2v) is 8.61. The van der Waals surface area contributed by atoms with E-state index in [4.69, 9.17) is 26.8 Å². The summed E-state index contributed by atoms with van der Waals surface area (Å²) in [5, 5.41) is 8.78. The Morgan fingerprint density at radius 2 is 1.94 bits per heavy atom. The van der Waals surface area contributed by atoms with Gasteiger partial charge in [0.15, 0.2) is 15.8 Å². The Bertz CT molecular complexity index is 1060. The lowest BCUT2D eigenvalue weighted by atomic mass is 10.1. The van der Waals surface area contributed by atoms with Crippen molar-refractivity contribution in [1.82, 2.24) is 0 Å². The quantitative estimate of drug-likeness (QED) is 0.443. The van der Waals surface area contributed by atoms with E-state index < -0.39 is 5.97 Å². The van der Waals surface area contributed by atoms with Gasteiger partial charge >= 0.3 is 5.97 Å². The van der Waals surface area contributed by atoms with Crippen LogP contribution in [0, 0.1) is 13.8 Å². The molecule has 0 atom stereocenters. The van der Waals surface area contributed by atoms with Crippen molar-refractivity contribution < 1.29 is 24.2 Å². The van der Waals surface area contributed by atoms with Gasteiger partial charge in [0.25, 0.3) is 5.91 Å². The van der Waals surface area contributed by atoms with E-state index in [0.29, 0.717) is 27.3 Å². The summed E-state index contributed by atoms with van der Waals surface area (Å²) in [7, 11) is 0. The molecule has 162 valence electrons.